The molecule has 2 unspecified atom stereocenters. The zero-order chi connectivity index (χ0) is 33.4. The van der Waals surface area contributed by atoms with Gasteiger partial charge in [-0.1, -0.05) is 81.1 Å². The van der Waals surface area contributed by atoms with Crippen molar-refractivity contribution in [2.75, 3.05) is 6.54 Å². The molecule has 1 aliphatic carbocycles. The molecule has 0 radical (unpaired) electrons. The number of nitrogens with one attached hydrogen (secondary N) is 3. The highest BCUT2D eigenvalue weighted by atomic mass is 16.2. The van der Waals surface area contributed by atoms with Gasteiger partial charge in [0, 0.05) is 12.5 Å². The largest absolute Gasteiger partial charge is 0.363 e. The predicted octanol–water partition coefficient (Wildman–Crippen LogP) is 3.48. The van der Waals surface area contributed by atoms with E-state index in [-0.39, 0.29) is 35.9 Å². The van der Waals surface area contributed by atoms with Crippen LogP contribution in [0.15, 0.2) is 0 Å². The number of nitrogens with two attached hydrogens (primary N) is 1. The Morgan fingerprint density at radius 2 is 1.48 bits per heavy atom. The van der Waals surface area contributed by atoms with Crippen molar-refractivity contribution in [2.45, 2.75) is 137 Å². The summed E-state index contributed by atoms with van der Waals surface area (Å²) >= 11 is 0. The third-order valence-electron chi connectivity index (χ3n) is 9.53. The third-order valence-corrected chi connectivity index (χ3v) is 9.53. The van der Waals surface area contributed by atoms with Gasteiger partial charge in [0.15, 0.2) is 5.78 Å². The van der Waals surface area contributed by atoms with E-state index >= 15 is 0 Å². The fraction of sp³-hybridized carbons (Fsp3) is 0.818. The highest BCUT2D eigenvalue weighted by Gasteiger charge is 2.46. The molecule has 1 saturated carbocycles. The van der Waals surface area contributed by atoms with Crippen LogP contribution >= 0.6 is 0 Å². The maximum atomic E-state index is 14.2. The lowest BCUT2D eigenvalue weighted by atomic mass is 9.83. The van der Waals surface area contributed by atoms with Gasteiger partial charge >= 0.3 is 6.03 Å². The molecule has 0 bridgehead atoms. The number of carbonyl (C=O) groups is 6. The fourth-order valence-electron chi connectivity index (χ4n) is 6.28. The van der Waals surface area contributed by atoms with Crippen molar-refractivity contribution in [3.8, 4) is 0 Å². The van der Waals surface area contributed by atoms with Gasteiger partial charge in [-0.3, -0.25) is 24.0 Å². The van der Waals surface area contributed by atoms with Crippen molar-refractivity contribution in [1.82, 2.24) is 20.9 Å². The summed E-state index contributed by atoms with van der Waals surface area (Å²) in [4.78, 5) is 80.2. The van der Waals surface area contributed by atoms with Crippen LogP contribution in [0.25, 0.3) is 0 Å². The Morgan fingerprint density at radius 1 is 0.864 bits per heavy atom. The van der Waals surface area contributed by atoms with Crippen LogP contribution in [0.2, 0.25) is 0 Å². The molecule has 0 aromatic heterocycles. The summed E-state index contributed by atoms with van der Waals surface area (Å²) in [7, 11) is 0. The quantitative estimate of drug-likeness (QED) is 0.217. The molecule has 1 saturated heterocycles. The van der Waals surface area contributed by atoms with E-state index in [2.05, 4.69) is 16.0 Å². The number of amides is 5. The van der Waals surface area contributed by atoms with Crippen LogP contribution in [-0.4, -0.2) is 70.9 Å². The number of nitrogens with zero attached hydrogens (tertiary/aromatic N) is 1. The number of ketones is 2. The molecule has 2 rings (SSSR count). The molecular formula is C33H57N5O6. The van der Waals surface area contributed by atoms with Gasteiger partial charge in [-0.05, 0) is 55.3 Å². The summed E-state index contributed by atoms with van der Waals surface area (Å²) in [6, 6.07) is -4.21. The molecule has 0 aromatic rings. The van der Waals surface area contributed by atoms with Gasteiger partial charge in [-0.15, -0.1) is 0 Å². The summed E-state index contributed by atoms with van der Waals surface area (Å²) in [5, 5.41) is 8.37. The molecule has 11 nitrogen and oxygen atoms in total. The van der Waals surface area contributed by atoms with Crippen LogP contribution in [0.3, 0.4) is 0 Å². The monoisotopic (exact) mass is 619 g/mol. The number of urea groups is 1. The molecule has 250 valence electrons. The van der Waals surface area contributed by atoms with E-state index in [1.54, 1.807) is 0 Å². The molecule has 2 aliphatic rings. The van der Waals surface area contributed by atoms with Gasteiger partial charge in [-0.25, -0.2) is 4.79 Å². The van der Waals surface area contributed by atoms with Gasteiger partial charge in [-0.2, -0.15) is 0 Å². The van der Waals surface area contributed by atoms with Gasteiger partial charge in [0.1, 0.15) is 12.1 Å². The second kappa shape index (κ2) is 16.4. The lowest BCUT2D eigenvalue weighted by Crippen LogP contribution is -2.61. The Morgan fingerprint density at radius 3 is 1.98 bits per heavy atom. The first-order chi connectivity index (χ1) is 20.5. The van der Waals surface area contributed by atoms with Crippen molar-refractivity contribution in [2.24, 2.45) is 34.8 Å². The first-order valence-electron chi connectivity index (χ1n) is 16.6. The summed E-state index contributed by atoms with van der Waals surface area (Å²) in [6.45, 7) is 15.6. The van der Waals surface area contributed by atoms with E-state index < -0.39 is 59.1 Å². The molecule has 6 atom stereocenters. The van der Waals surface area contributed by atoms with Gasteiger partial charge in [0.05, 0.1) is 12.1 Å². The van der Waals surface area contributed by atoms with Crippen molar-refractivity contribution >= 4 is 35.3 Å². The predicted molar refractivity (Wildman–Crippen MR) is 169 cm³/mol. The number of rotatable bonds is 14. The van der Waals surface area contributed by atoms with Crippen molar-refractivity contribution in [1.29, 1.82) is 0 Å². The van der Waals surface area contributed by atoms with E-state index in [1.807, 2.05) is 55.4 Å². The van der Waals surface area contributed by atoms with Gasteiger partial charge in [0.2, 0.25) is 17.6 Å². The Kier molecular flexibility index (Phi) is 13.8. The Hall–Kier alpha value is -2.98. The molecule has 5 amide bonds. The Bertz CT molecular complexity index is 1050. The highest BCUT2D eigenvalue weighted by Crippen LogP contribution is 2.32. The molecule has 11 heteroatoms. The van der Waals surface area contributed by atoms with Crippen LogP contribution in [0.4, 0.5) is 4.79 Å². The molecule has 44 heavy (non-hydrogen) atoms. The number of Topliss-reactive ketones (excluding diaryl/α,β-unsaturated/α-hetero) is 2. The molecule has 5 N–H and O–H groups in total. The van der Waals surface area contributed by atoms with Gasteiger partial charge < -0.3 is 26.6 Å². The topological polar surface area (TPSA) is 168 Å². The number of hydrogen-bond acceptors (Lipinski definition) is 6. The van der Waals surface area contributed by atoms with Crippen LogP contribution in [0.1, 0.15) is 113 Å². The summed E-state index contributed by atoms with van der Waals surface area (Å²) in [5.74, 6) is -2.70. The molecule has 0 spiro atoms. The molecular weight excluding hydrogens is 562 g/mol. The molecule has 0 aromatic carbocycles. The lowest BCUT2D eigenvalue weighted by Gasteiger charge is -2.36. The summed E-state index contributed by atoms with van der Waals surface area (Å²) in [5.41, 5.74) is 4.57. The minimum Gasteiger partial charge on any atom is -0.363 e. The minimum absolute atomic E-state index is 0.0154. The van der Waals surface area contributed by atoms with Crippen LogP contribution < -0.4 is 21.7 Å². The second-order valence-electron chi connectivity index (χ2n) is 14.4. The third kappa shape index (κ3) is 10.0. The zero-order valence-corrected chi connectivity index (χ0v) is 28.2. The smallest absolute Gasteiger partial charge is 0.316 e. The highest BCUT2D eigenvalue weighted by molar-refractivity contribution is 6.37. The second-order valence-corrected chi connectivity index (χ2v) is 14.4. The number of carbonyl (C=O) groups excluding carboxylic acids is 6. The first-order valence-corrected chi connectivity index (χ1v) is 16.6. The van der Waals surface area contributed by atoms with Crippen molar-refractivity contribution < 1.29 is 28.8 Å². The lowest BCUT2D eigenvalue weighted by molar-refractivity contribution is -0.143. The van der Waals surface area contributed by atoms with Crippen LogP contribution in [0, 0.1) is 29.1 Å². The van der Waals surface area contributed by atoms with Crippen molar-refractivity contribution in [3.63, 3.8) is 0 Å². The maximum Gasteiger partial charge on any atom is 0.316 e. The summed E-state index contributed by atoms with van der Waals surface area (Å²) < 4.78 is 0. The SMILES string of the molecule is CCC(C)CC(NC(=O)[C@@H]1C[C@@H](C(C)C)CN1C(=O)[C@@H](NC(=O)N[C@@H](CC)C(=O)C1CCCCC1)C(C)(C)C)C(=O)C(N)=O. The zero-order valence-electron chi connectivity index (χ0n) is 28.2. The minimum atomic E-state index is -1.12. The average Bonchev–Trinajstić information content (AvgIpc) is 3.43. The van der Waals surface area contributed by atoms with Crippen LogP contribution in [0.5, 0.6) is 0 Å². The Labute approximate surface area is 263 Å². The maximum absolute atomic E-state index is 14.2. The number of likely N-dealkylation sites (tertiary alicyclic amines) is 1. The average molecular weight is 620 g/mol. The molecule has 2 fully saturated rings. The van der Waals surface area contributed by atoms with Gasteiger partial charge in [0.25, 0.3) is 5.91 Å². The molecule has 1 heterocycles. The first kappa shape index (κ1) is 37.2. The van der Waals surface area contributed by atoms with E-state index in [0.29, 0.717) is 19.4 Å². The van der Waals surface area contributed by atoms with E-state index in [9.17, 15) is 28.8 Å². The normalized spacial score (nSPS) is 22.1. The van der Waals surface area contributed by atoms with Crippen LogP contribution in [-0.2, 0) is 24.0 Å². The van der Waals surface area contributed by atoms with E-state index in [4.69, 9.17) is 5.73 Å². The Balaban J connectivity index is 2.28. The fourth-order valence-corrected chi connectivity index (χ4v) is 6.28. The van der Waals surface area contributed by atoms with Crippen molar-refractivity contribution in [3.05, 3.63) is 0 Å². The summed E-state index contributed by atoms with van der Waals surface area (Å²) in [6.07, 6.45) is 6.64. The standard InChI is InChI=1S/C33H57N5O6/c1-9-20(5)16-24(27(40)29(34)41)35-30(42)25-17-22(19(3)4)18-38(25)31(43)28(33(6,7)8)37-32(44)36-23(10-2)26(39)21-14-12-11-13-15-21/h19-25,28H,9-18H2,1-8H3,(H2,34,41)(H,35,42)(H2,36,37,44)/t20?,22-,23+,24?,25+,28-/m1/s1. The van der Waals surface area contributed by atoms with E-state index in [1.165, 1.54) is 4.90 Å². The van der Waals surface area contributed by atoms with E-state index in [0.717, 1.165) is 38.5 Å². The number of primary amides is 1. The molecule has 1 aliphatic heterocycles. The number of hydrogen-bond donors (Lipinski definition) is 4.